The highest BCUT2D eigenvalue weighted by Crippen LogP contribution is 2.25. The van der Waals surface area contributed by atoms with E-state index in [1.165, 1.54) is 0 Å². The highest BCUT2D eigenvalue weighted by molar-refractivity contribution is 9.10. The van der Waals surface area contributed by atoms with E-state index < -0.39 is 0 Å². The zero-order valence-corrected chi connectivity index (χ0v) is 18.6. The number of hydrogen-bond donors (Lipinski definition) is 2. The summed E-state index contributed by atoms with van der Waals surface area (Å²) in [5.41, 5.74) is 1.81. The molecule has 0 radical (unpaired) electrons. The highest BCUT2D eigenvalue weighted by atomic mass is 79.9. The Morgan fingerprint density at radius 2 is 1.81 bits per heavy atom. The molecule has 0 bridgehead atoms. The molecule has 0 saturated carbocycles. The number of aromatic nitrogens is 2. The first-order valence-electron chi connectivity index (χ1n) is 7.41. The normalized spacial score (nSPS) is 10.6. The van der Waals surface area contributed by atoms with Crippen LogP contribution in [0.1, 0.15) is 5.56 Å². The zero-order valence-electron chi connectivity index (χ0n) is 13.1. The van der Waals surface area contributed by atoms with Crippen molar-refractivity contribution in [1.29, 1.82) is 0 Å². The van der Waals surface area contributed by atoms with Gasteiger partial charge in [-0.15, -0.1) is 0 Å². The van der Waals surface area contributed by atoms with Crippen molar-refractivity contribution in [1.82, 2.24) is 9.78 Å². The van der Waals surface area contributed by atoms with Crippen LogP contribution >= 0.6 is 67.3 Å². The second kappa shape index (κ2) is 8.71. The fourth-order valence-electron chi connectivity index (χ4n) is 2.19. The number of nitrogens with zero attached hydrogens (tertiary/aromatic N) is 2. The van der Waals surface area contributed by atoms with Gasteiger partial charge in [-0.25, -0.2) is 0 Å². The molecular formula is C17H12Br2Cl2N4S. The van der Waals surface area contributed by atoms with E-state index in [9.17, 15) is 0 Å². The summed E-state index contributed by atoms with van der Waals surface area (Å²) in [6.45, 7) is 0.517. The second-order valence-electron chi connectivity index (χ2n) is 5.34. The minimum atomic E-state index is 0.447. The van der Waals surface area contributed by atoms with Gasteiger partial charge in [0.25, 0.3) is 0 Å². The molecule has 0 saturated heterocycles. The number of nitrogens with one attached hydrogen (secondary N) is 2. The van der Waals surface area contributed by atoms with Crippen LogP contribution in [-0.2, 0) is 6.54 Å². The smallest absolute Gasteiger partial charge is 0.176 e. The molecule has 134 valence electrons. The topological polar surface area (TPSA) is 41.9 Å². The Morgan fingerprint density at radius 1 is 1.08 bits per heavy atom. The third-order valence-corrected chi connectivity index (χ3v) is 5.30. The van der Waals surface area contributed by atoms with Gasteiger partial charge in [-0.1, -0.05) is 45.2 Å². The minimum absolute atomic E-state index is 0.447. The minimum Gasteiger partial charge on any atom is -0.332 e. The second-order valence-corrected chi connectivity index (χ2v) is 8.37. The lowest BCUT2D eigenvalue weighted by Gasteiger charge is -2.09. The van der Waals surface area contributed by atoms with Crippen molar-refractivity contribution in [2.75, 3.05) is 10.6 Å². The average Bonchev–Trinajstić information content (AvgIpc) is 2.92. The lowest BCUT2D eigenvalue weighted by atomic mass is 10.2. The molecule has 4 nitrogen and oxygen atoms in total. The predicted octanol–water partition coefficient (Wildman–Crippen LogP) is 6.57. The van der Waals surface area contributed by atoms with Gasteiger partial charge >= 0.3 is 0 Å². The zero-order chi connectivity index (χ0) is 18.7. The molecule has 0 aliphatic heterocycles. The van der Waals surface area contributed by atoms with Crippen LogP contribution in [0, 0.1) is 0 Å². The molecule has 3 aromatic rings. The Balaban J connectivity index is 1.67. The number of rotatable bonds is 4. The van der Waals surface area contributed by atoms with Gasteiger partial charge in [-0.2, -0.15) is 5.10 Å². The maximum atomic E-state index is 6.22. The van der Waals surface area contributed by atoms with Gasteiger partial charge in [0.2, 0.25) is 0 Å². The van der Waals surface area contributed by atoms with Gasteiger partial charge in [0.05, 0.1) is 11.0 Å². The molecule has 0 aliphatic rings. The van der Waals surface area contributed by atoms with E-state index in [1.807, 2.05) is 36.5 Å². The molecule has 3 rings (SSSR count). The van der Waals surface area contributed by atoms with Crippen LogP contribution in [0.3, 0.4) is 0 Å². The largest absolute Gasteiger partial charge is 0.332 e. The van der Waals surface area contributed by atoms with Crippen molar-refractivity contribution >= 4 is 83.9 Å². The summed E-state index contributed by atoms with van der Waals surface area (Å²) in [4.78, 5) is 0. The van der Waals surface area contributed by atoms with Crippen molar-refractivity contribution in [2.45, 2.75) is 6.54 Å². The molecule has 0 aliphatic carbocycles. The Morgan fingerprint density at radius 3 is 2.50 bits per heavy atom. The summed E-state index contributed by atoms with van der Waals surface area (Å²) in [7, 11) is 0. The Labute approximate surface area is 183 Å². The average molecular weight is 535 g/mol. The number of thiocarbonyl (C=S) groups is 1. The highest BCUT2D eigenvalue weighted by Gasteiger charge is 2.10. The molecule has 2 aromatic carbocycles. The Bertz CT molecular complexity index is 944. The molecule has 0 spiro atoms. The van der Waals surface area contributed by atoms with Gasteiger partial charge in [0.1, 0.15) is 0 Å². The fraction of sp³-hybridized carbons (Fsp3) is 0.0588. The van der Waals surface area contributed by atoms with E-state index in [4.69, 9.17) is 35.4 Å². The summed E-state index contributed by atoms with van der Waals surface area (Å²) in [6, 6.07) is 13.1. The molecule has 0 amide bonds. The summed E-state index contributed by atoms with van der Waals surface area (Å²) >= 11 is 24.4. The first-order chi connectivity index (χ1) is 12.4. The van der Waals surface area contributed by atoms with Crippen LogP contribution in [0.5, 0.6) is 0 Å². The first kappa shape index (κ1) is 19.6. The van der Waals surface area contributed by atoms with Gasteiger partial charge in [-0.3, -0.25) is 4.68 Å². The lowest BCUT2D eigenvalue weighted by Crippen LogP contribution is -2.19. The first-order valence-corrected chi connectivity index (χ1v) is 10.2. The Hall–Kier alpha value is -1.12. The third kappa shape index (κ3) is 5.20. The van der Waals surface area contributed by atoms with E-state index in [0.29, 0.717) is 27.5 Å². The molecule has 0 unspecified atom stereocenters. The van der Waals surface area contributed by atoms with Crippen LogP contribution in [0.25, 0.3) is 0 Å². The molecule has 0 atom stereocenters. The number of hydrogen-bond acceptors (Lipinski definition) is 2. The number of anilines is 2. The van der Waals surface area contributed by atoms with Crippen LogP contribution in [0.4, 0.5) is 11.5 Å². The SMILES string of the molecule is S=C(Nc1ccc(Br)cc1)Nc1nn(Cc2ccc(Cl)cc2Cl)cc1Br. The Kier molecular flexibility index (Phi) is 6.58. The number of benzene rings is 2. The predicted molar refractivity (Wildman–Crippen MR) is 119 cm³/mol. The van der Waals surface area contributed by atoms with Crippen LogP contribution in [0.15, 0.2) is 57.6 Å². The molecule has 26 heavy (non-hydrogen) atoms. The molecule has 1 aromatic heterocycles. The third-order valence-electron chi connectivity index (χ3n) is 3.40. The van der Waals surface area contributed by atoms with Gasteiger partial charge < -0.3 is 10.6 Å². The molecule has 0 fully saturated rings. The standard InChI is InChI=1S/C17H12Br2Cl2N4S/c18-11-2-5-13(6-3-11)22-17(26)23-16-14(19)9-25(24-16)8-10-1-4-12(20)7-15(10)21/h1-7,9H,8H2,(H2,22,23,24,26). The van der Waals surface area contributed by atoms with E-state index in [0.717, 1.165) is 20.2 Å². The molecule has 9 heteroatoms. The van der Waals surface area contributed by atoms with E-state index >= 15 is 0 Å². The number of halogens is 4. The maximum Gasteiger partial charge on any atom is 0.176 e. The summed E-state index contributed by atoms with van der Waals surface area (Å²) in [5, 5.41) is 12.3. The molecular weight excluding hydrogens is 523 g/mol. The monoisotopic (exact) mass is 532 g/mol. The van der Waals surface area contributed by atoms with E-state index in [1.54, 1.807) is 16.8 Å². The quantitative estimate of drug-likeness (QED) is 0.371. The van der Waals surface area contributed by atoms with Crippen LogP contribution < -0.4 is 10.6 Å². The molecule has 1 heterocycles. The van der Waals surface area contributed by atoms with Crippen molar-refractivity contribution in [2.24, 2.45) is 0 Å². The van der Waals surface area contributed by atoms with Gasteiger partial charge in [0, 0.05) is 26.4 Å². The van der Waals surface area contributed by atoms with Crippen LogP contribution in [-0.4, -0.2) is 14.9 Å². The van der Waals surface area contributed by atoms with E-state index in [-0.39, 0.29) is 0 Å². The van der Waals surface area contributed by atoms with Crippen LogP contribution in [0.2, 0.25) is 10.0 Å². The van der Waals surface area contributed by atoms with E-state index in [2.05, 4.69) is 47.6 Å². The van der Waals surface area contributed by atoms with Crippen molar-refractivity contribution in [3.63, 3.8) is 0 Å². The summed E-state index contributed by atoms with van der Waals surface area (Å²) in [6.07, 6.45) is 1.86. The lowest BCUT2D eigenvalue weighted by molar-refractivity contribution is 0.690. The maximum absolute atomic E-state index is 6.22. The van der Waals surface area contributed by atoms with Gasteiger partial charge in [-0.05, 0) is 70.1 Å². The fourth-order valence-corrected chi connectivity index (χ4v) is 3.55. The van der Waals surface area contributed by atoms with Crippen molar-refractivity contribution in [3.8, 4) is 0 Å². The molecule has 2 N–H and O–H groups in total. The van der Waals surface area contributed by atoms with Crippen molar-refractivity contribution < 1.29 is 0 Å². The summed E-state index contributed by atoms with van der Waals surface area (Å²) < 4.78 is 3.57. The van der Waals surface area contributed by atoms with Gasteiger partial charge in [0.15, 0.2) is 10.9 Å². The van der Waals surface area contributed by atoms with Crippen molar-refractivity contribution in [3.05, 3.63) is 73.2 Å². The summed E-state index contributed by atoms with van der Waals surface area (Å²) in [5.74, 6) is 0.615.